The second kappa shape index (κ2) is 9.95. The molecule has 1 aromatic carbocycles. The molecule has 1 aromatic rings. The minimum atomic E-state index is -0.208. The van der Waals surface area contributed by atoms with Crippen molar-refractivity contribution in [3.63, 3.8) is 0 Å². The summed E-state index contributed by atoms with van der Waals surface area (Å²) in [6.07, 6.45) is 4.63. The Morgan fingerprint density at radius 3 is 2.44 bits per heavy atom. The molecule has 0 fully saturated rings. The van der Waals surface area contributed by atoms with Crippen molar-refractivity contribution in [2.75, 3.05) is 6.61 Å². The van der Waals surface area contributed by atoms with E-state index in [4.69, 9.17) is 4.74 Å². The second-order valence-electron chi connectivity index (χ2n) is 4.38. The van der Waals surface area contributed by atoms with Gasteiger partial charge in [-0.05, 0) is 24.5 Å². The fraction of sp³-hybridized carbons (Fsp3) is 0.533. The molecule has 0 amide bonds. The molecule has 0 aliphatic heterocycles. The first-order chi connectivity index (χ1) is 8.27. The Balaban J connectivity index is 0.00000289. The van der Waals surface area contributed by atoms with E-state index in [1.807, 2.05) is 18.2 Å². The maximum atomic E-state index is 11.7. The normalized spacial score (nSPS) is 11.4. The summed E-state index contributed by atoms with van der Waals surface area (Å²) in [6, 6.07) is 9.17. The smallest absolute Gasteiger partial charge is 0.338 e. The molecule has 0 spiro atoms. The predicted molar refractivity (Wildman–Crippen MR) is 77.3 cm³/mol. The average molecular weight is 271 g/mol. The molecule has 1 unspecified atom stereocenters. The van der Waals surface area contributed by atoms with Crippen LogP contribution in [0.2, 0.25) is 0 Å². The van der Waals surface area contributed by atoms with Gasteiger partial charge in [-0.2, -0.15) is 0 Å². The largest absolute Gasteiger partial charge is 0.462 e. The highest BCUT2D eigenvalue weighted by atomic mass is 35.5. The third-order valence-corrected chi connectivity index (χ3v) is 3.00. The van der Waals surface area contributed by atoms with Gasteiger partial charge in [-0.3, -0.25) is 0 Å². The van der Waals surface area contributed by atoms with Crippen LogP contribution in [0.3, 0.4) is 0 Å². The van der Waals surface area contributed by atoms with Crippen LogP contribution >= 0.6 is 12.4 Å². The lowest BCUT2D eigenvalue weighted by molar-refractivity contribution is 0.0428. The van der Waals surface area contributed by atoms with Gasteiger partial charge in [0.05, 0.1) is 12.2 Å². The Bertz CT molecular complexity index is 325. The molecular weight excluding hydrogens is 248 g/mol. The first kappa shape index (κ1) is 17.0. The Morgan fingerprint density at radius 2 is 1.89 bits per heavy atom. The fourth-order valence-corrected chi connectivity index (χ4v) is 1.75. The topological polar surface area (TPSA) is 26.3 Å². The summed E-state index contributed by atoms with van der Waals surface area (Å²) in [4.78, 5) is 11.7. The molecule has 0 aromatic heterocycles. The maximum absolute atomic E-state index is 11.7. The number of ether oxygens (including phenoxy) is 1. The average Bonchev–Trinajstić information content (AvgIpc) is 2.39. The third kappa shape index (κ3) is 6.06. The van der Waals surface area contributed by atoms with Crippen molar-refractivity contribution in [2.45, 2.75) is 39.5 Å². The molecule has 0 radical (unpaired) electrons. The maximum Gasteiger partial charge on any atom is 0.338 e. The van der Waals surface area contributed by atoms with E-state index in [1.165, 1.54) is 12.8 Å². The first-order valence-corrected chi connectivity index (χ1v) is 6.50. The summed E-state index contributed by atoms with van der Waals surface area (Å²) < 4.78 is 5.34. The molecule has 1 atom stereocenters. The van der Waals surface area contributed by atoms with Crippen LogP contribution < -0.4 is 0 Å². The van der Waals surface area contributed by atoms with Crippen LogP contribution in [-0.4, -0.2) is 12.6 Å². The number of carbonyl (C=O) groups is 1. The zero-order chi connectivity index (χ0) is 12.5. The molecule has 0 saturated carbocycles. The lowest BCUT2D eigenvalue weighted by Gasteiger charge is -2.14. The van der Waals surface area contributed by atoms with Crippen molar-refractivity contribution in [2.24, 2.45) is 5.92 Å². The number of esters is 1. The van der Waals surface area contributed by atoms with Gasteiger partial charge in [-0.15, -0.1) is 12.4 Å². The van der Waals surface area contributed by atoms with Gasteiger partial charge in [0.25, 0.3) is 0 Å². The van der Waals surface area contributed by atoms with Crippen LogP contribution in [-0.2, 0) is 4.74 Å². The molecule has 0 saturated heterocycles. The van der Waals surface area contributed by atoms with Gasteiger partial charge < -0.3 is 4.74 Å². The van der Waals surface area contributed by atoms with Crippen molar-refractivity contribution >= 4 is 18.4 Å². The Hall–Kier alpha value is -1.02. The van der Waals surface area contributed by atoms with Crippen LogP contribution in [0.4, 0.5) is 0 Å². The van der Waals surface area contributed by atoms with Gasteiger partial charge in [0.2, 0.25) is 0 Å². The monoisotopic (exact) mass is 270 g/mol. The first-order valence-electron chi connectivity index (χ1n) is 6.50. The summed E-state index contributed by atoms with van der Waals surface area (Å²) in [7, 11) is 0. The molecule has 0 aliphatic rings. The van der Waals surface area contributed by atoms with E-state index in [2.05, 4.69) is 13.8 Å². The zero-order valence-corrected chi connectivity index (χ0v) is 12.0. The van der Waals surface area contributed by atoms with E-state index in [0.29, 0.717) is 18.1 Å². The minimum absolute atomic E-state index is 0. The molecule has 18 heavy (non-hydrogen) atoms. The SMILES string of the molecule is CCCCC(CC)COC(=O)c1ccccc1.Cl. The standard InChI is InChI=1S/C15H22O2.ClH/c1-3-5-9-13(4-2)12-17-15(16)14-10-7-6-8-11-14;/h6-8,10-11,13H,3-5,9,12H2,1-2H3;1H. The molecule has 1 rings (SSSR count). The molecule has 102 valence electrons. The van der Waals surface area contributed by atoms with Gasteiger partial charge in [-0.1, -0.05) is 51.3 Å². The van der Waals surface area contributed by atoms with Crippen molar-refractivity contribution < 1.29 is 9.53 Å². The highest BCUT2D eigenvalue weighted by Gasteiger charge is 2.11. The molecule has 0 N–H and O–H groups in total. The number of rotatable bonds is 7. The summed E-state index contributed by atoms with van der Waals surface area (Å²) >= 11 is 0. The van der Waals surface area contributed by atoms with Crippen LogP contribution in [0.5, 0.6) is 0 Å². The zero-order valence-electron chi connectivity index (χ0n) is 11.2. The Labute approximate surface area is 116 Å². The second-order valence-corrected chi connectivity index (χ2v) is 4.38. The highest BCUT2D eigenvalue weighted by Crippen LogP contribution is 2.13. The van der Waals surface area contributed by atoms with Crippen molar-refractivity contribution in [3.05, 3.63) is 35.9 Å². The van der Waals surface area contributed by atoms with Crippen molar-refractivity contribution in [3.8, 4) is 0 Å². The molecule has 2 nitrogen and oxygen atoms in total. The van der Waals surface area contributed by atoms with E-state index in [0.717, 1.165) is 12.8 Å². The van der Waals surface area contributed by atoms with Gasteiger partial charge in [0, 0.05) is 0 Å². The summed E-state index contributed by atoms with van der Waals surface area (Å²) in [5, 5.41) is 0. The molecular formula is C15H23ClO2. The van der Waals surface area contributed by atoms with E-state index in [1.54, 1.807) is 12.1 Å². The predicted octanol–water partition coefficient (Wildman–Crippen LogP) is 4.48. The Kier molecular flexibility index (Phi) is 9.39. The summed E-state index contributed by atoms with van der Waals surface area (Å²) in [5.41, 5.74) is 0.637. The number of benzene rings is 1. The van der Waals surface area contributed by atoms with Gasteiger partial charge in [0.1, 0.15) is 0 Å². The number of hydrogen-bond acceptors (Lipinski definition) is 2. The van der Waals surface area contributed by atoms with E-state index < -0.39 is 0 Å². The number of unbranched alkanes of at least 4 members (excludes halogenated alkanes) is 1. The van der Waals surface area contributed by atoms with Crippen LogP contribution in [0.25, 0.3) is 0 Å². The molecule has 3 heteroatoms. The summed E-state index contributed by atoms with van der Waals surface area (Å²) in [6.45, 7) is 4.88. The lowest BCUT2D eigenvalue weighted by atomic mass is 10.0. The van der Waals surface area contributed by atoms with Gasteiger partial charge >= 0.3 is 5.97 Å². The number of hydrogen-bond donors (Lipinski definition) is 0. The number of carbonyl (C=O) groups excluding carboxylic acids is 1. The quantitative estimate of drug-likeness (QED) is 0.683. The minimum Gasteiger partial charge on any atom is -0.462 e. The van der Waals surface area contributed by atoms with E-state index >= 15 is 0 Å². The van der Waals surface area contributed by atoms with E-state index in [-0.39, 0.29) is 18.4 Å². The van der Waals surface area contributed by atoms with Gasteiger partial charge in [-0.25, -0.2) is 4.79 Å². The third-order valence-electron chi connectivity index (χ3n) is 3.00. The molecule has 0 bridgehead atoms. The molecule has 0 aliphatic carbocycles. The summed E-state index contributed by atoms with van der Waals surface area (Å²) in [5.74, 6) is 0.295. The van der Waals surface area contributed by atoms with Crippen LogP contribution in [0.15, 0.2) is 30.3 Å². The highest BCUT2D eigenvalue weighted by molar-refractivity contribution is 5.89. The lowest BCUT2D eigenvalue weighted by Crippen LogP contribution is -2.13. The van der Waals surface area contributed by atoms with E-state index in [9.17, 15) is 4.79 Å². The molecule has 0 heterocycles. The van der Waals surface area contributed by atoms with Crippen LogP contribution in [0.1, 0.15) is 49.9 Å². The fourth-order valence-electron chi connectivity index (χ4n) is 1.75. The van der Waals surface area contributed by atoms with Crippen LogP contribution in [0, 0.1) is 5.92 Å². The Morgan fingerprint density at radius 1 is 1.22 bits per heavy atom. The van der Waals surface area contributed by atoms with Crippen molar-refractivity contribution in [1.29, 1.82) is 0 Å². The van der Waals surface area contributed by atoms with Gasteiger partial charge in [0.15, 0.2) is 0 Å². The number of halogens is 1. The van der Waals surface area contributed by atoms with Crippen molar-refractivity contribution in [1.82, 2.24) is 0 Å².